The molecular weight excluding hydrogens is 340 g/mol. The van der Waals surface area contributed by atoms with E-state index in [1.54, 1.807) is 12.1 Å². The van der Waals surface area contributed by atoms with Crippen LogP contribution < -0.4 is 10.5 Å². The van der Waals surface area contributed by atoms with Gasteiger partial charge in [-0.1, -0.05) is 6.07 Å². The number of benzene rings is 2. The topological polar surface area (TPSA) is 109 Å². The highest BCUT2D eigenvalue weighted by atomic mass is 16.5. The summed E-state index contributed by atoms with van der Waals surface area (Å²) in [4.78, 5) is 3.85. The van der Waals surface area contributed by atoms with E-state index in [-0.39, 0.29) is 11.8 Å². The molecule has 1 unspecified atom stereocenters. The molecule has 1 aliphatic rings. The van der Waals surface area contributed by atoms with Crippen molar-refractivity contribution in [2.75, 3.05) is 5.73 Å². The highest BCUT2D eigenvalue weighted by Crippen LogP contribution is 2.35. The van der Waals surface area contributed by atoms with E-state index in [1.165, 1.54) is 12.6 Å². The van der Waals surface area contributed by atoms with E-state index >= 15 is 0 Å². The molecule has 1 heterocycles. The molecule has 1 atom stereocenters. The summed E-state index contributed by atoms with van der Waals surface area (Å²) in [5.74, 6) is 0.997. The molecule has 6 heteroatoms. The summed E-state index contributed by atoms with van der Waals surface area (Å²) in [7, 11) is 0. The Kier molecular flexibility index (Phi) is 4.35. The van der Waals surface area contributed by atoms with Gasteiger partial charge >= 0.3 is 0 Å². The molecule has 3 aromatic rings. The smallest absolute Gasteiger partial charge is 0.181 e. The maximum absolute atomic E-state index is 9.10. The zero-order valence-electron chi connectivity index (χ0n) is 14.6. The number of aromatic nitrogens is 1. The number of nitrogens with two attached hydrogens (primary N) is 1. The Bertz CT molecular complexity index is 1030. The maximum Gasteiger partial charge on any atom is 0.181 e. The molecule has 0 amide bonds. The van der Waals surface area contributed by atoms with Crippen LogP contribution in [0.3, 0.4) is 0 Å². The minimum Gasteiger partial charge on any atom is -0.486 e. The number of hydrogen-bond donors (Lipinski definition) is 2. The SMILES string of the molecule is N#Cc1ccc2c(c1)CCCC2Oc1ccc(N)c(C(=N)c2cnco2)c1. The minimum absolute atomic E-state index is 0.0857. The van der Waals surface area contributed by atoms with Gasteiger partial charge in [0, 0.05) is 11.3 Å². The number of nitriles is 1. The fourth-order valence-corrected chi connectivity index (χ4v) is 3.42. The molecular formula is C21H18N4O2. The predicted molar refractivity (Wildman–Crippen MR) is 101 cm³/mol. The molecule has 4 rings (SSSR count). The molecule has 0 fully saturated rings. The standard InChI is InChI=1S/C21H18N4O2/c22-10-13-4-6-16-14(8-13)2-1-3-19(16)27-15-5-7-18(23)17(9-15)21(24)20-11-25-12-26-20/h4-9,11-12,19,24H,1-3,23H2. The zero-order chi connectivity index (χ0) is 18.8. The van der Waals surface area contributed by atoms with Gasteiger partial charge in [-0.25, -0.2) is 4.98 Å². The number of fused-ring (bicyclic) bond motifs is 1. The van der Waals surface area contributed by atoms with Gasteiger partial charge in [-0.2, -0.15) is 5.26 Å². The summed E-state index contributed by atoms with van der Waals surface area (Å²) < 4.78 is 11.4. The Balaban J connectivity index is 1.62. The molecule has 0 radical (unpaired) electrons. The molecule has 3 N–H and O–H groups in total. The zero-order valence-corrected chi connectivity index (χ0v) is 14.6. The highest BCUT2D eigenvalue weighted by Gasteiger charge is 2.23. The second-order valence-corrected chi connectivity index (χ2v) is 6.51. The van der Waals surface area contributed by atoms with Crippen molar-refractivity contribution in [2.45, 2.75) is 25.4 Å². The fraction of sp³-hybridized carbons (Fsp3) is 0.190. The van der Waals surface area contributed by atoms with Gasteiger partial charge in [-0.05, 0) is 60.7 Å². The van der Waals surface area contributed by atoms with Crippen molar-refractivity contribution in [3.63, 3.8) is 0 Å². The third-order valence-electron chi connectivity index (χ3n) is 4.78. The number of aryl methyl sites for hydroxylation is 1. The first-order valence-electron chi connectivity index (χ1n) is 8.72. The Hall–Kier alpha value is -3.59. The van der Waals surface area contributed by atoms with Gasteiger partial charge < -0.3 is 14.9 Å². The minimum atomic E-state index is -0.0857. The monoisotopic (exact) mass is 358 g/mol. The van der Waals surface area contributed by atoms with E-state index in [9.17, 15) is 0 Å². The van der Waals surface area contributed by atoms with Crippen LogP contribution >= 0.6 is 0 Å². The second kappa shape index (κ2) is 6.96. The molecule has 0 spiro atoms. The largest absolute Gasteiger partial charge is 0.486 e. The first-order valence-corrected chi connectivity index (χ1v) is 8.72. The van der Waals surface area contributed by atoms with E-state index in [2.05, 4.69) is 11.1 Å². The lowest BCUT2D eigenvalue weighted by Gasteiger charge is -2.26. The number of nitrogens with one attached hydrogen (secondary N) is 1. The van der Waals surface area contributed by atoms with E-state index < -0.39 is 0 Å². The lowest BCUT2D eigenvalue weighted by Crippen LogP contribution is -2.16. The summed E-state index contributed by atoms with van der Waals surface area (Å²) in [6.45, 7) is 0. The van der Waals surface area contributed by atoms with Crippen LogP contribution in [-0.2, 0) is 6.42 Å². The Morgan fingerprint density at radius 2 is 2.19 bits per heavy atom. The Labute approximate surface area is 156 Å². The summed E-state index contributed by atoms with van der Waals surface area (Å²) >= 11 is 0. The third kappa shape index (κ3) is 3.27. The van der Waals surface area contributed by atoms with Gasteiger partial charge in [-0.3, -0.25) is 5.41 Å². The molecule has 6 nitrogen and oxygen atoms in total. The van der Waals surface area contributed by atoms with Gasteiger partial charge in [0.25, 0.3) is 0 Å². The van der Waals surface area contributed by atoms with Crippen LogP contribution in [0, 0.1) is 16.7 Å². The van der Waals surface area contributed by atoms with Crippen molar-refractivity contribution in [3.05, 3.63) is 77.0 Å². The molecule has 2 aromatic carbocycles. The second-order valence-electron chi connectivity index (χ2n) is 6.51. The molecule has 27 heavy (non-hydrogen) atoms. The summed E-state index contributed by atoms with van der Waals surface area (Å²) in [5.41, 5.74) is 10.2. The first-order chi connectivity index (χ1) is 13.2. The van der Waals surface area contributed by atoms with Gasteiger partial charge in [0.15, 0.2) is 12.2 Å². The van der Waals surface area contributed by atoms with Crippen LogP contribution in [-0.4, -0.2) is 10.7 Å². The molecule has 0 bridgehead atoms. The number of nitrogens with zero attached hydrogens (tertiary/aromatic N) is 2. The van der Waals surface area contributed by atoms with E-state index in [0.29, 0.717) is 28.3 Å². The maximum atomic E-state index is 9.10. The van der Waals surface area contributed by atoms with Crippen molar-refractivity contribution in [3.8, 4) is 11.8 Å². The predicted octanol–water partition coefficient (Wildman–Crippen LogP) is 4.00. The summed E-state index contributed by atoms with van der Waals surface area (Å²) in [5, 5.41) is 17.4. The van der Waals surface area contributed by atoms with Gasteiger partial charge in [0.05, 0.1) is 17.8 Å². The van der Waals surface area contributed by atoms with E-state index in [1.807, 2.05) is 24.3 Å². The van der Waals surface area contributed by atoms with Crippen LogP contribution in [0.4, 0.5) is 5.69 Å². The Morgan fingerprint density at radius 1 is 1.30 bits per heavy atom. The normalized spacial score (nSPS) is 15.6. The molecule has 0 saturated carbocycles. The van der Waals surface area contributed by atoms with E-state index in [4.69, 9.17) is 25.6 Å². The number of oxazole rings is 1. The molecule has 134 valence electrons. The lowest BCUT2D eigenvalue weighted by molar-refractivity contribution is 0.183. The number of ether oxygens (including phenoxy) is 1. The summed E-state index contributed by atoms with van der Waals surface area (Å²) in [6.07, 6.45) is 5.54. The van der Waals surface area contributed by atoms with Crippen molar-refractivity contribution in [1.82, 2.24) is 4.98 Å². The van der Waals surface area contributed by atoms with Crippen molar-refractivity contribution in [1.29, 1.82) is 10.7 Å². The van der Waals surface area contributed by atoms with Crippen LogP contribution in [0.25, 0.3) is 0 Å². The molecule has 1 aliphatic carbocycles. The quantitative estimate of drug-likeness (QED) is 0.541. The van der Waals surface area contributed by atoms with Gasteiger partial charge in [-0.15, -0.1) is 0 Å². The Morgan fingerprint density at radius 3 is 2.96 bits per heavy atom. The molecule has 0 aliphatic heterocycles. The van der Waals surface area contributed by atoms with E-state index in [0.717, 1.165) is 30.4 Å². The number of anilines is 1. The van der Waals surface area contributed by atoms with Crippen LogP contribution in [0.1, 0.15) is 47.0 Å². The number of rotatable bonds is 4. The van der Waals surface area contributed by atoms with Crippen LogP contribution in [0.5, 0.6) is 5.75 Å². The fourth-order valence-electron chi connectivity index (χ4n) is 3.42. The van der Waals surface area contributed by atoms with Gasteiger partial charge in [0.1, 0.15) is 17.6 Å². The van der Waals surface area contributed by atoms with Crippen molar-refractivity contribution in [2.24, 2.45) is 0 Å². The van der Waals surface area contributed by atoms with Crippen molar-refractivity contribution >= 4 is 11.4 Å². The third-order valence-corrected chi connectivity index (χ3v) is 4.78. The van der Waals surface area contributed by atoms with Gasteiger partial charge in [0.2, 0.25) is 0 Å². The van der Waals surface area contributed by atoms with Crippen LogP contribution in [0.15, 0.2) is 53.4 Å². The summed E-state index contributed by atoms with van der Waals surface area (Å²) in [6, 6.07) is 13.2. The number of hydrogen-bond acceptors (Lipinski definition) is 6. The van der Waals surface area contributed by atoms with Crippen molar-refractivity contribution < 1.29 is 9.15 Å². The average molecular weight is 358 g/mol. The first kappa shape index (κ1) is 16.9. The molecule has 1 aromatic heterocycles. The van der Waals surface area contributed by atoms with Crippen LogP contribution in [0.2, 0.25) is 0 Å². The average Bonchev–Trinajstić information content (AvgIpc) is 3.23. The number of nitrogen functional groups attached to an aromatic ring is 1. The highest BCUT2D eigenvalue weighted by molar-refractivity contribution is 6.12. The molecule has 0 saturated heterocycles. The lowest BCUT2D eigenvalue weighted by atomic mass is 9.88.